The number of aromatic nitrogens is 2. The number of anilines is 2. The number of aryl methyl sites for hydroxylation is 2. The van der Waals surface area contributed by atoms with Crippen molar-refractivity contribution in [2.24, 2.45) is 0 Å². The van der Waals surface area contributed by atoms with Gasteiger partial charge in [-0.2, -0.15) is 4.98 Å². The maximum Gasteiger partial charge on any atom is 0.258 e. The first-order chi connectivity index (χ1) is 12.1. The molecule has 2 aromatic rings. The van der Waals surface area contributed by atoms with Crippen LogP contribution in [0.4, 0.5) is 11.8 Å². The van der Waals surface area contributed by atoms with E-state index in [4.69, 9.17) is 4.74 Å². The van der Waals surface area contributed by atoms with Crippen molar-refractivity contribution in [3.05, 3.63) is 41.6 Å². The van der Waals surface area contributed by atoms with E-state index in [2.05, 4.69) is 25.9 Å². The lowest BCUT2D eigenvalue weighted by Gasteiger charge is -2.10. The predicted octanol–water partition coefficient (Wildman–Crippen LogP) is 2.13. The summed E-state index contributed by atoms with van der Waals surface area (Å²) in [6.45, 7) is 7.70. The van der Waals surface area contributed by atoms with Gasteiger partial charge in [-0.15, -0.1) is 0 Å². The summed E-state index contributed by atoms with van der Waals surface area (Å²) < 4.78 is 5.46. The SMILES string of the molecule is CCNc1cc(C)nc(NCCNC(=O)COc2cccc(C)c2)n1. The zero-order valence-electron chi connectivity index (χ0n) is 14.9. The predicted molar refractivity (Wildman–Crippen MR) is 99.1 cm³/mol. The topological polar surface area (TPSA) is 88.2 Å². The second kappa shape index (κ2) is 9.46. The average Bonchev–Trinajstić information content (AvgIpc) is 2.57. The third-order valence-corrected chi connectivity index (χ3v) is 3.30. The number of benzene rings is 1. The molecule has 25 heavy (non-hydrogen) atoms. The Morgan fingerprint density at radius 1 is 1.12 bits per heavy atom. The van der Waals surface area contributed by atoms with Gasteiger partial charge < -0.3 is 20.7 Å². The summed E-state index contributed by atoms with van der Waals surface area (Å²) in [5.41, 5.74) is 1.97. The van der Waals surface area contributed by atoms with Crippen LogP contribution in [0.25, 0.3) is 0 Å². The van der Waals surface area contributed by atoms with Gasteiger partial charge in [-0.05, 0) is 38.5 Å². The lowest BCUT2D eigenvalue weighted by Crippen LogP contribution is -2.32. The highest BCUT2D eigenvalue weighted by Gasteiger charge is 2.04. The summed E-state index contributed by atoms with van der Waals surface area (Å²) in [5, 5.41) is 9.05. The normalized spacial score (nSPS) is 10.2. The molecule has 0 aliphatic rings. The van der Waals surface area contributed by atoms with Crippen molar-refractivity contribution in [3.63, 3.8) is 0 Å². The van der Waals surface area contributed by atoms with Gasteiger partial charge in [-0.25, -0.2) is 4.98 Å². The maximum absolute atomic E-state index is 11.8. The quantitative estimate of drug-likeness (QED) is 0.605. The summed E-state index contributed by atoms with van der Waals surface area (Å²) in [5.74, 6) is 1.86. The van der Waals surface area contributed by atoms with Crippen LogP contribution in [0.15, 0.2) is 30.3 Å². The summed E-state index contributed by atoms with van der Waals surface area (Å²) in [6.07, 6.45) is 0. The Morgan fingerprint density at radius 2 is 1.96 bits per heavy atom. The summed E-state index contributed by atoms with van der Waals surface area (Å²) in [6, 6.07) is 9.49. The highest BCUT2D eigenvalue weighted by molar-refractivity contribution is 5.77. The first-order valence-corrected chi connectivity index (χ1v) is 8.36. The molecule has 0 saturated carbocycles. The molecular weight excluding hydrogens is 318 g/mol. The number of hydrogen-bond donors (Lipinski definition) is 3. The van der Waals surface area contributed by atoms with Crippen LogP contribution in [0.1, 0.15) is 18.2 Å². The molecule has 0 saturated heterocycles. The summed E-state index contributed by atoms with van der Waals surface area (Å²) >= 11 is 0. The Morgan fingerprint density at radius 3 is 2.72 bits per heavy atom. The lowest BCUT2D eigenvalue weighted by atomic mass is 10.2. The molecule has 0 unspecified atom stereocenters. The van der Waals surface area contributed by atoms with E-state index < -0.39 is 0 Å². The third kappa shape index (κ3) is 6.66. The van der Waals surface area contributed by atoms with Gasteiger partial charge in [0.1, 0.15) is 11.6 Å². The number of nitrogens with one attached hydrogen (secondary N) is 3. The van der Waals surface area contributed by atoms with Gasteiger partial charge in [-0.1, -0.05) is 12.1 Å². The Kier molecular flexibility index (Phi) is 7.00. The second-order valence-electron chi connectivity index (χ2n) is 5.63. The van der Waals surface area contributed by atoms with Crippen molar-refractivity contribution in [1.82, 2.24) is 15.3 Å². The number of hydrogen-bond acceptors (Lipinski definition) is 6. The molecule has 1 aromatic carbocycles. The van der Waals surface area contributed by atoms with Crippen molar-refractivity contribution < 1.29 is 9.53 Å². The van der Waals surface area contributed by atoms with E-state index in [9.17, 15) is 4.79 Å². The first-order valence-electron chi connectivity index (χ1n) is 8.36. The fourth-order valence-electron chi connectivity index (χ4n) is 2.20. The van der Waals surface area contributed by atoms with Crippen LogP contribution < -0.4 is 20.7 Å². The molecule has 0 atom stereocenters. The van der Waals surface area contributed by atoms with Crippen LogP contribution in [0.3, 0.4) is 0 Å². The van der Waals surface area contributed by atoms with Crippen molar-refractivity contribution >= 4 is 17.7 Å². The van der Waals surface area contributed by atoms with Crippen LogP contribution in [0, 0.1) is 13.8 Å². The minimum atomic E-state index is -0.165. The van der Waals surface area contributed by atoms with E-state index >= 15 is 0 Å². The van der Waals surface area contributed by atoms with Crippen LogP contribution in [0.5, 0.6) is 5.75 Å². The monoisotopic (exact) mass is 343 g/mol. The van der Waals surface area contributed by atoms with Gasteiger partial charge in [0.05, 0.1) is 0 Å². The fraction of sp³-hybridized carbons (Fsp3) is 0.389. The molecule has 1 amide bonds. The number of amides is 1. The highest BCUT2D eigenvalue weighted by Crippen LogP contribution is 2.12. The highest BCUT2D eigenvalue weighted by atomic mass is 16.5. The fourth-order valence-corrected chi connectivity index (χ4v) is 2.20. The van der Waals surface area contributed by atoms with E-state index in [1.807, 2.05) is 51.1 Å². The molecule has 1 aromatic heterocycles. The lowest BCUT2D eigenvalue weighted by molar-refractivity contribution is -0.123. The Labute approximate surface area is 148 Å². The largest absolute Gasteiger partial charge is 0.484 e. The van der Waals surface area contributed by atoms with E-state index in [1.54, 1.807) is 0 Å². The van der Waals surface area contributed by atoms with Gasteiger partial charge in [0.15, 0.2) is 6.61 Å². The first kappa shape index (κ1) is 18.5. The molecule has 0 aliphatic carbocycles. The summed E-state index contributed by atoms with van der Waals surface area (Å²) in [7, 11) is 0. The van der Waals surface area contributed by atoms with Crippen molar-refractivity contribution in [2.75, 3.05) is 36.9 Å². The number of ether oxygens (including phenoxy) is 1. The average molecular weight is 343 g/mol. The molecule has 7 nitrogen and oxygen atoms in total. The third-order valence-electron chi connectivity index (χ3n) is 3.30. The Bertz CT molecular complexity index is 706. The Hall–Kier alpha value is -2.83. The standard InChI is InChI=1S/C18H25N5O2/c1-4-19-16-11-14(3)22-18(23-16)21-9-8-20-17(24)12-25-15-7-5-6-13(2)10-15/h5-7,10-11H,4,8-9,12H2,1-3H3,(H,20,24)(H2,19,21,22,23). The number of carbonyl (C=O) groups excluding carboxylic acids is 1. The maximum atomic E-state index is 11.8. The molecule has 1 heterocycles. The van der Waals surface area contributed by atoms with Crippen molar-refractivity contribution in [2.45, 2.75) is 20.8 Å². The molecule has 0 radical (unpaired) electrons. The number of carbonyl (C=O) groups is 1. The van der Waals surface area contributed by atoms with Crippen molar-refractivity contribution in [3.8, 4) is 5.75 Å². The minimum absolute atomic E-state index is 0.00499. The van der Waals surface area contributed by atoms with E-state index in [1.165, 1.54) is 0 Å². The Balaban J connectivity index is 1.69. The molecule has 3 N–H and O–H groups in total. The summed E-state index contributed by atoms with van der Waals surface area (Å²) in [4.78, 5) is 20.5. The number of nitrogens with zero attached hydrogens (tertiary/aromatic N) is 2. The van der Waals surface area contributed by atoms with Crippen LogP contribution in [0.2, 0.25) is 0 Å². The van der Waals surface area contributed by atoms with Gasteiger partial charge in [0.2, 0.25) is 5.95 Å². The molecule has 7 heteroatoms. The minimum Gasteiger partial charge on any atom is -0.484 e. The second-order valence-corrected chi connectivity index (χ2v) is 5.63. The number of rotatable bonds is 9. The van der Waals surface area contributed by atoms with Gasteiger partial charge in [0, 0.05) is 31.4 Å². The molecule has 0 bridgehead atoms. The van der Waals surface area contributed by atoms with E-state index in [-0.39, 0.29) is 12.5 Å². The zero-order valence-corrected chi connectivity index (χ0v) is 14.9. The molecule has 134 valence electrons. The van der Waals surface area contributed by atoms with Crippen LogP contribution in [-0.2, 0) is 4.79 Å². The molecule has 2 rings (SSSR count). The van der Waals surface area contributed by atoms with E-state index in [0.717, 1.165) is 23.6 Å². The van der Waals surface area contributed by atoms with Crippen molar-refractivity contribution in [1.29, 1.82) is 0 Å². The molecule has 0 fully saturated rings. The van der Waals surface area contributed by atoms with Crippen LogP contribution in [-0.4, -0.2) is 42.1 Å². The van der Waals surface area contributed by atoms with Gasteiger partial charge >= 0.3 is 0 Å². The molecule has 0 aliphatic heterocycles. The van der Waals surface area contributed by atoms with Crippen LogP contribution >= 0.6 is 0 Å². The molecule has 0 spiro atoms. The smallest absolute Gasteiger partial charge is 0.258 e. The van der Waals surface area contributed by atoms with E-state index in [0.29, 0.717) is 24.8 Å². The van der Waals surface area contributed by atoms with Gasteiger partial charge in [0.25, 0.3) is 5.91 Å². The van der Waals surface area contributed by atoms with Gasteiger partial charge in [-0.3, -0.25) is 4.79 Å². The molecular formula is C18H25N5O2. The zero-order chi connectivity index (χ0) is 18.1.